The maximum atomic E-state index is 10.9. The Balaban J connectivity index is 1.52. The predicted molar refractivity (Wildman–Crippen MR) is 134 cm³/mol. The van der Waals surface area contributed by atoms with Gasteiger partial charge in [0.1, 0.15) is 18.2 Å². The Labute approximate surface area is 202 Å². The van der Waals surface area contributed by atoms with Crippen LogP contribution in [0.1, 0.15) is 41.4 Å². The number of fused-ring (bicyclic) bond motifs is 1. The number of hydrogen-bond donors (Lipinski definition) is 1. The Hall–Kier alpha value is -3.12. The van der Waals surface area contributed by atoms with E-state index in [0.717, 1.165) is 50.2 Å². The molecule has 0 aliphatic rings. The second-order valence-electron chi connectivity index (χ2n) is 8.12. The normalized spacial score (nSPS) is 11.1. The van der Waals surface area contributed by atoms with E-state index in [1.807, 2.05) is 49.4 Å². The summed E-state index contributed by atoms with van der Waals surface area (Å²) in [6, 6.07) is 20.5. The van der Waals surface area contributed by atoms with Gasteiger partial charge in [-0.3, -0.25) is 4.79 Å². The zero-order chi connectivity index (χ0) is 23.4. The first-order chi connectivity index (χ1) is 15.9. The summed E-state index contributed by atoms with van der Waals surface area (Å²) >= 11 is 3.52. The van der Waals surface area contributed by atoms with Gasteiger partial charge in [0.2, 0.25) is 0 Å². The fourth-order valence-corrected chi connectivity index (χ4v) is 4.46. The minimum Gasteiger partial charge on any atom is -0.489 e. The van der Waals surface area contributed by atoms with Gasteiger partial charge in [0, 0.05) is 16.5 Å². The van der Waals surface area contributed by atoms with Crippen molar-refractivity contribution in [1.82, 2.24) is 9.55 Å². The summed E-state index contributed by atoms with van der Waals surface area (Å²) in [5.74, 6) is 1.04. The minimum atomic E-state index is -0.769. The summed E-state index contributed by atoms with van der Waals surface area (Å²) in [4.78, 5) is 15.6. The second kappa shape index (κ2) is 10.2. The zero-order valence-corrected chi connectivity index (χ0v) is 20.4. The number of imidazole rings is 1. The van der Waals surface area contributed by atoms with Crippen LogP contribution in [0.4, 0.5) is 0 Å². The highest BCUT2D eigenvalue weighted by molar-refractivity contribution is 9.10. The number of carboxylic acids is 1. The molecule has 0 aliphatic heterocycles. The summed E-state index contributed by atoms with van der Waals surface area (Å²) in [5.41, 5.74) is 6.51. The van der Waals surface area contributed by atoms with Crippen molar-refractivity contribution in [1.29, 1.82) is 0 Å². The topological polar surface area (TPSA) is 64.4 Å². The largest absolute Gasteiger partial charge is 0.489 e. The van der Waals surface area contributed by atoms with Crippen LogP contribution in [0.2, 0.25) is 0 Å². The summed E-state index contributed by atoms with van der Waals surface area (Å²) in [7, 11) is 0. The van der Waals surface area contributed by atoms with E-state index in [1.54, 1.807) is 0 Å². The molecule has 0 amide bonds. The van der Waals surface area contributed by atoms with E-state index in [0.29, 0.717) is 19.6 Å². The van der Waals surface area contributed by atoms with Crippen molar-refractivity contribution in [3.8, 4) is 5.75 Å². The Morgan fingerprint density at radius 1 is 1.06 bits per heavy atom. The molecule has 4 rings (SSSR count). The van der Waals surface area contributed by atoms with Gasteiger partial charge in [0.15, 0.2) is 0 Å². The minimum absolute atomic E-state index is 0.148. The van der Waals surface area contributed by atoms with E-state index in [2.05, 4.69) is 45.6 Å². The number of ether oxygens (including phenoxy) is 1. The van der Waals surface area contributed by atoms with E-state index in [9.17, 15) is 4.79 Å². The highest BCUT2D eigenvalue weighted by Gasteiger charge is 2.12. The van der Waals surface area contributed by atoms with Crippen molar-refractivity contribution in [3.63, 3.8) is 0 Å². The van der Waals surface area contributed by atoms with Crippen LogP contribution in [0.5, 0.6) is 5.75 Å². The van der Waals surface area contributed by atoms with Crippen molar-refractivity contribution in [3.05, 3.63) is 93.2 Å². The van der Waals surface area contributed by atoms with Gasteiger partial charge in [-0.2, -0.15) is 0 Å². The third-order valence-corrected chi connectivity index (χ3v) is 6.35. The number of aromatic nitrogens is 2. The molecule has 1 aromatic heterocycles. The van der Waals surface area contributed by atoms with Crippen molar-refractivity contribution in [2.24, 2.45) is 0 Å². The lowest BCUT2D eigenvalue weighted by Crippen LogP contribution is -2.06. The third-order valence-electron chi connectivity index (χ3n) is 5.86. The fourth-order valence-electron chi connectivity index (χ4n) is 4.11. The molecule has 33 heavy (non-hydrogen) atoms. The number of aliphatic carboxylic acids is 1. The maximum Gasteiger partial charge on any atom is 0.303 e. The van der Waals surface area contributed by atoms with E-state index < -0.39 is 5.97 Å². The number of nitrogens with zero attached hydrogens (tertiary/aromatic N) is 2. The van der Waals surface area contributed by atoms with Gasteiger partial charge in [-0.25, -0.2) is 4.98 Å². The summed E-state index contributed by atoms with van der Waals surface area (Å²) in [6.07, 6.45) is 1.56. The number of para-hydroxylation sites is 1. The molecule has 1 heterocycles. The monoisotopic (exact) mass is 506 g/mol. The van der Waals surface area contributed by atoms with Crippen LogP contribution in [0.25, 0.3) is 11.0 Å². The second-order valence-corrected chi connectivity index (χ2v) is 9.04. The number of rotatable bonds is 9. The highest BCUT2D eigenvalue weighted by atomic mass is 79.9. The quantitative estimate of drug-likeness (QED) is 0.288. The molecule has 0 radical (unpaired) electrons. The van der Waals surface area contributed by atoms with Crippen LogP contribution in [0.3, 0.4) is 0 Å². The van der Waals surface area contributed by atoms with Crippen molar-refractivity contribution in [2.45, 2.75) is 46.3 Å². The summed E-state index contributed by atoms with van der Waals surface area (Å²) < 4.78 is 9.47. The van der Waals surface area contributed by atoms with Crippen LogP contribution < -0.4 is 4.74 Å². The Morgan fingerprint density at radius 2 is 1.88 bits per heavy atom. The van der Waals surface area contributed by atoms with Gasteiger partial charge < -0.3 is 14.4 Å². The Morgan fingerprint density at radius 3 is 2.67 bits per heavy atom. The standard InChI is InChI=1S/C27H27BrN2O3/c1-3-20-14-19(8-9-21(20)10-13-27(31)32)17-33-26-7-5-4-6-22(26)16-30-18(2)29-24-15-23(28)11-12-25(24)30/h4-9,11-12,14-15H,3,10,13,16-17H2,1-2H3,(H,31,32). The lowest BCUT2D eigenvalue weighted by molar-refractivity contribution is -0.136. The van der Waals surface area contributed by atoms with Crippen molar-refractivity contribution >= 4 is 32.9 Å². The molecule has 0 unspecified atom stereocenters. The van der Waals surface area contributed by atoms with Gasteiger partial charge in [0.05, 0.1) is 17.6 Å². The summed E-state index contributed by atoms with van der Waals surface area (Å²) in [5, 5.41) is 8.98. The van der Waals surface area contributed by atoms with Crippen LogP contribution in [-0.2, 0) is 30.8 Å². The van der Waals surface area contributed by atoms with Gasteiger partial charge in [-0.15, -0.1) is 0 Å². The average molecular weight is 507 g/mol. The van der Waals surface area contributed by atoms with Crippen LogP contribution in [-0.4, -0.2) is 20.6 Å². The molecular formula is C27H27BrN2O3. The average Bonchev–Trinajstić information content (AvgIpc) is 3.11. The molecule has 0 aliphatic carbocycles. The van der Waals surface area contributed by atoms with Gasteiger partial charge in [-0.05, 0) is 60.7 Å². The Bertz CT molecular complexity index is 1300. The number of carboxylic acid groups (broad SMARTS) is 1. The van der Waals surface area contributed by atoms with Gasteiger partial charge in [-0.1, -0.05) is 59.3 Å². The predicted octanol–water partition coefficient (Wildman–Crippen LogP) is 6.31. The molecule has 0 spiro atoms. The number of halogens is 1. The van der Waals surface area contributed by atoms with E-state index >= 15 is 0 Å². The lowest BCUT2D eigenvalue weighted by atomic mass is 9.98. The van der Waals surface area contributed by atoms with Crippen LogP contribution >= 0.6 is 15.9 Å². The smallest absolute Gasteiger partial charge is 0.303 e. The highest BCUT2D eigenvalue weighted by Crippen LogP contribution is 2.26. The first-order valence-electron chi connectivity index (χ1n) is 11.1. The van der Waals surface area contributed by atoms with Crippen molar-refractivity contribution in [2.75, 3.05) is 0 Å². The number of aryl methyl sites for hydroxylation is 3. The van der Waals surface area contributed by atoms with Crippen LogP contribution in [0, 0.1) is 6.92 Å². The molecule has 0 bridgehead atoms. The third kappa shape index (κ3) is 5.45. The fraction of sp³-hybridized carbons (Fsp3) is 0.259. The molecule has 0 fully saturated rings. The maximum absolute atomic E-state index is 10.9. The summed E-state index contributed by atoms with van der Waals surface area (Å²) in [6.45, 7) is 5.25. The number of hydrogen-bond acceptors (Lipinski definition) is 3. The number of benzene rings is 3. The molecule has 6 heteroatoms. The molecule has 0 saturated heterocycles. The molecule has 3 aromatic carbocycles. The molecular weight excluding hydrogens is 480 g/mol. The lowest BCUT2D eigenvalue weighted by Gasteiger charge is -2.15. The van der Waals surface area contributed by atoms with Gasteiger partial charge in [0.25, 0.3) is 0 Å². The first kappa shape index (κ1) is 23.1. The first-order valence-corrected chi connectivity index (χ1v) is 11.9. The van der Waals surface area contributed by atoms with E-state index in [4.69, 9.17) is 14.8 Å². The van der Waals surface area contributed by atoms with Crippen molar-refractivity contribution < 1.29 is 14.6 Å². The molecule has 0 atom stereocenters. The zero-order valence-electron chi connectivity index (χ0n) is 18.8. The van der Waals surface area contributed by atoms with Gasteiger partial charge >= 0.3 is 5.97 Å². The van der Waals surface area contributed by atoms with Crippen LogP contribution in [0.15, 0.2) is 65.1 Å². The molecule has 1 N–H and O–H groups in total. The molecule has 0 saturated carbocycles. The number of carbonyl (C=O) groups is 1. The van der Waals surface area contributed by atoms with E-state index in [-0.39, 0.29) is 6.42 Å². The molecule has 5 nitrogen and oxygen atoms in total. The molecule has 170 valence electrons. The SMILES string of the molecule is CCc1cc(COc2ccccc2Cn2c(C)nc3cc(Br)ccc32)ccc1CCC(=O)O. The van der Waals surface area contributed by atoms with E-state index in [1.165, 1.54) is 5.56 Å². The molecule has 4 aromatic rings. The Kier molecular flexibility index (Phi) is 7.14.